The zero-order chi connectivity index (χ0) is 82.2. The molecule has 0 spiro atoms. The zero-order valence-electron chi connectivity index (χ0n) is 67.5. The number of hydrogen-bond donors (Lipinski definition) is 0. The van der Waals surface area contributed by atoms with Gasteiger partial charge in [-0.25, -0.2) is 70.2 Å². The molecule has 624 valence electrons. The van der Waals surface area contributed by atoms with E-state index in [1.807, 2.05) is 24.3 Å². The summed E-state index contributed by atoms with van der Waals surface area (Å²) in [6.45, 7) is 9.39. The summed E-state index contributed by atoms with van der Waals surface area (Å²) in [7, 11) is 0. The third-order valence-corrected chi connectivity index (χ3v) is 29.0. The summed E-state index contributed by atoms with van der Waals surface area (Å²) >= 11 is 0. The Morgan fingerprint density at radius 2 is 0.302 bits per heavy atom. The number of benzene rings is 8. The maximum Gasteiger partial charge on any atom is 0.194 e. The van der Waals surface area contributed by atoms with Gasteiger partial charge in [0, 0.05) is 22.3 Å². The van der Waals surface area contributed by atoms with Gasteiger partial charge < -0.3 is 0 Å². The van der Waals surface area contributed by atoms with Crippen LogP contribution in [-0.4, -0.2) is 0 Å². The Hall–Kier alpha value is -7.36. The third-order valence-electron chi connectivity index (χ3n) is 29.0. The first-order valence-corrected chi connectivity index (χ1v) is 43.5. The standard InChI is InChI=1S/4C25H28F4/c4*1-15-2-4-16(5-3-15)17-6-8-18(9-7-17)19-10-11-21(22(26)12-19)20-13-23(27)25(29)24(28)14-20/h4*10-18H,2-9H2,1H3. The Kier molecular flexibility index (Phi) is 29.3. The molecule has 0 nitrogen and oxygen atoms in total. The fourth-order valence-electron chi connectivity index (χ4n) is 21.6. The van der Waals surface area contributed by atoms with Crippen LogP contribution in [-0.2, 0) is 0 Å². The van der Waals surface area contributed by atoms with Gasteiger partial charge in [0.1, 0.15) is 23.3 Å². The summed E-state index contributed by atoms with van der Waals surface area (Å²) in [5, 5.41) is 0. The molecule has 8 fully saturated rings. The van der Waals surface area contributed by atoms with Gasteiger partial charge in [0.05, 0.1) is 0 Å². The molecule has 0 aliphatic heterocycles. The maximum atomic E-state index is 14.7. The highest BCUT2D eigenvalue weighted by molar-refractivity contribution is 5.68. The number of halogens is 16. The molecule has 0 atom stereocenters. The van der Waals surface area contributed by atoms with Crippen LogP contribution < -0.4 is 0 Å². The molecule has 8 aromatic rings. The van der Waals surface area contributed by atoms with Gasteiger partial charge >= 0.3 is 0 Å². The predicted molar refractivity (Wildman–Crippen MR) is 430 cm³/mol. The van der Waals surface area contributed by atoms with Crippen molar-refractivity contribution in [3.05, 3.63) is 237 Å². The third kappa shape index (κ3) is 21.3. The molecular weight excluding hydrogens is 1510 g/mol. The minimum Gasteiger partial charge on any atom is -0.206 e. The lowest BCUT2D eigenvalue weighted by Gasteiger charge is -2.37. The molecule has 0 amide bonds. The van der Waals surface area contributed by atoms with Crippen molar-refractivity contribution in [1.29, 1.82) is 0 Å². The van der Waals surface area contributed by atoms with Crippen molar-refractivity contribution in [3.63, 3.8) is 0 Å². The SMILES string of the molecule is CC1CCC(C2CCC(c3ccc(-c4cc(F)c(F)c(F)c4)c(F)c3)CC2)CC1.CC1CCC(C2CCC(c3ccc(-c4cc(F)c(F)c(F)c4)c(F)c3)CC2)CC1.CC1CCC(C2CCC(c3ccc(-c4cc(F)c(F)c(F)c4)c(F)c3)CC2)CC1.CC1CCC(C2CCC(c3ccc(-c4cc(F)c(F)c(F)c4)c(F)c3)CC2)CC1. The molecule has 0 unspecified atom stereocenters. The fraction of sp³-hybridized carbons (Fsp3) is 0.520. The van der Waals surface area contributed by atoms with E-state index >= 15 is 0 Å². The monoisotopic (exact) mass is 1620 g/mol. The summed E-state index contributed by atoms with van der Waals surface area (Å²) in [5.74, 6) is -7.23. The van der Waals surface area contributed by atoms with Crippen molar-refractivity contribution in [2.24, 2.45) is 71.0 Å². The van der Waals surface area contributed by atoms with E-state index < -0.39 is 93.1 Å². The van der Waals surface area contributed by atoms with Crippen LogP contribution in [0.2, 0.25) is 0 Å². The molecule has 116 heavy (non-hydrogen) atoms. The van der Waals surface area contributed by atoms with E-state index in [2.05, 4.69) is 27.7 Å². The Morgan fingerprint density at radius 3 is 0.440 bits per heavy atom. The van der Waals surface area contributed by atoms with Crippen LogP contribution in [0.5, 0.6) is 0 Å². The fourth-order valence-corrected chi connectivity index (χ4v) is 21.6. The molecule has 16 heteroatoms. The van der Waals surface area contributed by atoms with Crippen LogP contribution in [0.1, 0.15) is 279 Å². The van der Waals surface area contributed by atoms with Crippen LogP contribution in [0, 0.1) is 164 Å². The van der Waals surface area contributed by atoms with Crippen LogP contribution >= 0.6 is 0 Å². The van der Waals surface area contributed by atoms with Crippen LogP contribution in [0.3, 0.4) is 0 Å². The smallest absolute Gasteiger partial charge is 0.194 e. The second kappa shape index (κ2) is 39.2. The maximum absolute atomic E-state index is 14.7. The molecule has 0 aromatic heterocycles. The Labute approximate surface area is 675 Å². The van der Waals surface area contributed by atoms with Gasteiger partial charge in [-0.05, 0) is 366 Å². The average Bonchev–Trinajstić information content (AvgIpc) is 0.811. The topological polar surface area (TPSA) is 0 Å². The highest BCUT2D eigenvalue weighted by atomic mass is 19.2. The lowest BCUT2D eigenvalue weighted by atomic mass is 9.68. The van der Waals surface area contributed by atoms with Gasteiger partial charge in [0.2, 0.25) is 0 Å². The molecule has 8 saturated carbocycles. The largest absolute Gasteiger partial charge is 0.206 e. The van der Waals surface area contributed by atoms with Gasteiger partial charge in [-0.15, -0.1) is 0 Å². The van der Waals surface area contributed by atoms with E-state index in [9.17, 15) is 70.2 Å². The van der Waals surface area contributed by atoms with Crippen molar-refractivity contribution in [2.45, 2.75) is 257 Å². The van der Waals surface area contributed by atoms with Gasteiger partial charge in [0.25, 0.3) is 0 Å². The molecule has 0 bridgehead atoms. The van der Waals surface area contributed by atoms with E-state index in [0.29, 0.717) is 23.7 Å². The number of rotatable bonds is 12. The molecule has 0 heterocycles. The van der Waals surface area contributed by atoms with Crippen molar-refractivity contribution >= 4 is 0 Å². The first-order valence-electron chi connectivity index (χ1n) is 43.5. The zero-order valence-corrected chi connectivity index (χ0v) is 67.5. The Bertz CT molecular complexity index is 3920. The summed E-state index contributed by atoms with van der Waals surface area (Å²) in [4.78, 5) is 0. The summed E-state index contributed by atoms with van der Waals surface area (Å²) in [6.07, 6.45) is 39.7. The first kappa shape index (κ1) is 86.5. The minimum absolute atomic E-state index is 0.0145. The summed E-state index contributed by atoms with van der Waals surface area (Å²) < 4.78 is 220. The normalized spacial score (nSPS) is 27.8. The average molecular weight is 1620 g/mol. The number of hydrogen-bond acceptors (Lipinski definition) is 0. The first-order chi connectivity index (χ1) is 55.7. The van der Waals surface area contributed by atoms with E-state index in [0.717, 1.165) is 193 Å². The van der Waals surface area contributed by atoms with Crippen LogP contribution in [0.4, 0.5) is 70.2 Å². The van der Waals surface area contributed by atoms with Gasteiger partial charge in [-0.2, -0.15) is 0 Å². The molecule has 16 rings (SSSR count). The molecular formula is C100H112F16. The highest BCUT2D eigenvalue weighted by Crippen LogP contribution is 2.50. The Balaban J connectivity index is 0.000000135. The van der Waals surface area contributed by atoms with E-state index in [-0.39, 0.29) is 44.5 Å². The van der Waals surface area contributed by atoms with E-state index in [4.69, 9.17) is 0 Å². The van der Waals surface area contributed by atoms with Gasteiger partial charge in [-0.3, -0.25) is 0 Å². The molecule has 8 aliphatic carbocycles. The van der Waals surface area contributed by atoms with Crippen molar-refractivity contribution in [3.8, 4) is 44.5 Å². The van der Waals surface area contributed by atoms with E-state index in [1.54, 1.807) is 24.3 Å². The second-order valence-corrected chi connectivity index (χ2v) is 36.5. The molecule has 0 saturated heterocycles. The lowest BCUT2D eigenvalue weighted by Crippen LogP contribution is -2.24. The molecule has 0 radical (unpaired) electrons. The van der Waals surface area contributed by atoms with Crippen molar-refractivity contribution < 1.29 is 70.2 Å². The Morgan fingerprint density at radius 1 is 0.164 bits per heavy atom. The summed E-state index contributed by atoms with van der Waals surface area (Å²) in [5.41, 5.74) is 4.23. The minimum atomic E-state index is -1.53. The molecule has 0 N–H and O–H groups in total. The van der Waals surface area contributed by atoms with Crippen molar-refractivity contribution in [2.75, 3.05) is 0 Å². The second-order valence-electron chi connectivity index (χ2n) is 36.5. The van der Waals surface area contributed by atoms with Gasteiger partial charge in [0.15, 0.2) is 69.8 Å². The summed E-state index contributed by atoms with van der Waals surface area (Å²) in [6, 6.07) is 26.3. The lowest BCUT2D eigenvalue weighted by molar-refractivity contribution is 0.165. The van der Waals surface area contributed by atoms with Crippen LogP contribution in [0.15, 0.2) is 121 Å². The molecule has 8 aliphatic rings. The van der Waals surface area contributed by atoms with Crippen molar-refractivity contribution in [1.82, 2.24) is 0 Å². The van der Waals surface area contributed by atoms with E-state index in [1.165, 1.54) is 178 Å². The van der Waals surface area contributed by atoms with Crippen LogP contribution in [0.25, 0.3) is 44.5 Å². The molecule has 8 aromatic carbocycles. The predicted octanol–water partition coefficient (Wildman–Crippen LogP) is 32.0. The highest BCUT2D eigenvalue weighted by Gasteiger charge is 2.36. The van der Waals surface area contributed by atoms with Gasteiger partial charge in [-0.1, -0.05) is 128 Å². The quantitative estimate of drug-likeness (QED) is 0.0845.